The predicted octanol–water partition coefficient (Wildman–Crippen LogP) is 1.29. The van der Waals surface area contributed by atoms with Gasteiger partial charge in [-0.2, -0.15) is 0 Å². The monoisotopic (exact) mass is 346 g/mol. The Bertz CT molecular complexity index is 526. The Kier molecular flexibility index (Phi) is 6.20. The molecule has 0 amide bonds. The number of aliphatic hydroxyl groups is 1. The quantitative estimate of drug-likeness (QED) is 0.776. The molecule has 0 aromatic heterocycles. The third kappa shape index (κ3) is 3.71. The van der Waals surface area contributed by atoms with Crippen LogP contribution in [0.25, 0.3) is 0 Å². The van der Waals surface area contributed by atoms with Gasteiger partial charge in [-0.25, -0.2) is 8.78 Å². The van der Waals surface area contributed by atoms with Gasteiger partial charge in [0.2, 0.25) is 5.75 Å². The van der Waals surface area contributed by atoms with Crippen LogP contribution in [0.15, 0.2) is 12.1 Å². The molecule has 24 heavy (non-hydrogen) atoms. The van der Waals surface area contributed by atoms with Crippen molar-refractivity contribution in [2.45, 2.75) is 12.0 Å². The van der Waals surface area contributed by atoms with E-state index < -0.39 is 18.6 Å². The van der Waals surface area contributed by atoms with E-state index in [-0.39, 0.29) is 0 Å². The van der Waals surface area contributed by atoms with Gasteiger partial charge in [0.15, 0.2) is 11.5 Å². The van der Waals surface area contributed by atoms with Gasteiger partial charge >= 0.3 is 0 Å². The highest BCUT2D eigenvalue weighted by Crippen LogP contribution is 2.44. The fourth-order valence-corrected chi connectivity index (χ4v) is 3.01. The summed E-state index contributed by atoms with van der Waals surface area (Å²) in [6.45, 7) is 0.900. The van der Waals surface area contributed by atoms with Crippen molar-refractivity contribution < 1.29 is 28.1 Å². The number of benzene rings is 1. The van der Waals surface area contributed by atoms with E-state index in [1.54, 1.807) is 4.90 Å². The molecule has 2 rings (SSSR count). The third-order valence-corrected chi connectivity index (χ3v) is 4.13. The van der Waals surface area contributed by atoms with Gasteiger partial charge in [0.05, 0.1) is 21.3 Å². The molecule has 6 nitrogen and oxygen atoms in total. The highest BCUT2D eigenvalue weighted by atomic mass is 19.3. The lowest BCUT2D eigenvalue weighted by molar-refractivity contribution is -0.118. The molecule has 1 aliphatic heterocycles. The van der Waals surface area contributed by atoms with Crippen LogP contribution in [0.4, 0.5) is 8.78 Å². The SMILES string of the molecule is COc1cc([C@@H](N2CCNCC2)C(F)(F)CO)cc(OC)c1OC. The summed E-state index contributed by atoms with van der Waals surface area (Å²) in [6, 6.07) is 1.74. The standard InChI is InChI=1S/C16H24F2N2O4/c1-22-12-8-11(9-13(23-2)14(12)24-3)15(16(17,18)10-21)20-6-4-19-5-7-20/h8-9,15,19,21H,4-7,10H2,1-3H3/t15-/m1/s1. The van der Waals surface area contributed by atoms with Crippen molar-refractivity contribution in [1.29, 1.82) is 0 Å². The number of nitrogens with one attached hydrogen (secondary N) is 1. The molecule has 0 unspecified atom stereocenters. The molecule has 1 aromatic rings. The normalized spacial score (nSPS) is 17.4. The van der Waals surface area contributed by atoms with E-state index in [1.165, 1.54) is 33.5 Å². The lowest BCUT2D eigenvalue weighted by Crippen LogP contribution is -2.51. The maximum Gasteiger partial charge on any atom is 0.289 e. The number of ether oxygens (including phenoxy) is 3. The van der Waals surface area contributed by atoms with Crippen LogP contribution in [-0.2, 0) is 0 Å². The van der Waals surface area contributed by atoms with Crippen molar-refractivity contribution in [3.63, 3.8) is 0 Å². The van der Waals surface area contributed by atoms with Crippen molar-refractivity contribution in [2.75, 3.05) is 54.1 Å². The van der Waals surface area contributed by atoms with E-state index in [0.29, 0.717) is 49.0 Å². The van der Waals surface area contributed by atoms with E-state index in [9.17, 15) is 13.9 Å². The van der Waals surface area contributed by atoms with Crippen LogP contribution in [0.3, 0.4) is 0 Å². The van der Waals surface area contributed by atoms with Crippen molar-refractivity contribution in [2.24, 2.45) is 0 Å². The first-order valence-electron chi connectivity index (χ1n) is 7.71. The number of piperazine rings is 1. The molecule has 0 aliphatic carbocycles. The molecule has 136 valence electrons. The molecule has 2 N–H and O–H groups in total. The first kappa shape index (κ1) is 18.7. The number of halogens is 2. The highest BCUT2D eigenvalue weighted by Gasteiger charge is 2.44. The van der Waals surface area contributed by atoms with Crippen LogP contribution < -0.4 is 19.5 Å². The Morgan fingerprint density at radius 1 is 1.12 bits per heavy atom. The van der Waals surface area contributed by atoms with E-state index in [1.807, 2.05) is 0 Å². The third-order valence-electron chi connectivity index (χ3n) is 4.13. The average Bonchev–Trinajstić information content (AvgIpc) is 2.61. The minimum Gasteiger partial charge on any atom is -0.493 e. The zero-order valence-corrected chi connectivity index (χ0v) is 14.1. The molecule has 0 saturated carbocycles. The Morgan fingerprint density at radius 3 is 2.08 bits per heavy atom. The molecule has 8 heteroatoms. The summed E-state index contributed by atoms with van der Waals surface area (Å²) >= 11 is 0. The second-order valence-electron chi connectivity index (χ2n) is 5.57. The number of alkyl halides is 2. The summed E-state index contributed by atoms with van der Waals surface area (Å²) in [6.07, 6.45) is 0. The second kappa shape index (κ2) is 7.96. The van der Waals surface area contributed by atoms with Gasteiger partial charge in [-0.15, -0.1) is 0 Å². The number of aliphatic hydroxyl groups excluding tert-OH is 1. The van der Waals surface area contributed by atoms with Crippen LogP contribution >= 0.6 is 0 Å². The zero-order valence-electron chi connectivity index (χ0n) is 14.1. The number of hydrogen-bond donors (Lipinski definition) is 2. The van der Waals surface area contributed by atoms with Gasteiger partial charge in [0, 0.05) is 26.2 Å². The molecule has 0 radical (unpaired) electrons. The van der Waals surface area contributed by atoms with Crippen molar-refractivity contribution in [3.05, 3.63) is 17.7 Å². The zero-order chi connectivity index (χ0) is 17.7. The maximum atomic E-state index is 14.5. The lowest BCUT2D eigenvalue weighted by atomic mass is 9.97. The largest absolute Gasteiger partial charge is 0.493 e. The smallest absolute Gasteiger partial charge is 0.289 e. The maximum absolute atomic E-state index is 14.5. The summed E-state index contributed by atoms with van der Waals surface area (Å²) in [5.74, 6) is -2.35. The van der Waals surface area contributed by atoms with Gasteiger partial charge in [-0.3, -0.25) is 4.90 Å². The topological polar surface area (TPSA) is 63.2 Å². The minimum atomic E-state index is -3.30. The first-order valence-corrected chi connectivity index (χ1v) is 7.71. The summed E-state index contributed by atoms with van der Waals surface area (Å²) in [5.41, 5.74) is 0.311. The van der Waals surface area contributed by atoms with Gasteiger partial charge in [-0.05, 0) is 17.7 Å². The Morgan fingerprint density at radius 2 is 1.67 bits per heavy atom. The van der Waals surface area contributed by atoms with Crippen LogP contribution in [0.5, 0.6) is 17.2 Å². The molecule has 1 heterocycles. The van der Waals surface area contributed by atoms with E-state index in [2.05, 4.69) is 5.32 Å². The molecular weight excluding hydrogens is 322 g/mol. The Hall–Kier alpha value is -1.64. The predicted molar refractivity (Wildman–Crippen MR) is 85.3 cm³/mol. The average molecular weight is 346 g/mol. The fourth-order valence-electron chi connectivity index (χ4n) is 3.01. The number of methoxy groups -OCH3 is 3. The minimum absolute atomic E-state index is 0.306. The fraction of sp³-hybridized carbons (Fsp3) is 0.625. The number of rotatable bonds is 7. The number of hydrogen-bond acceptors (Lipinski definition) is 6. The molecule has 1 fully saturated rings. The number of nitrogens with zero attached hydrogens (tertiary/aromatic N) is 1. The van der Waals surface area contributed by atoms with Crippen molar-refractivity contribution >= 4 is 0 Å². The summed E-state index contributed by atoms with van der Waals surface area (Å²) in [4.78, 5) is 1.66. The van der Waals surface area contributed by atoms with Gasteiger partial charge in [0.25, 0.3) is 5.92 Å². The van der Waals surface area contributed by atoms with Gasteiger partial charge in [0.1, 0.15) is 12.6 Å². The summed E-state index contributed by atoms with van der Waals surface area (Å²) < 4.78 is 44.8. The van der Waals surface area contributed by atoms with Gasteiger partial charge < -0.3 is 24.6 Å². The van der Waals surface area contributed by atoms with E-state index >= 15 is 0 Å². The van der Waals surface area contributed by atoms with Crippen molar-refractivity contribution in [1.82, 2.24) is 10.2 Å². The van der Waals surface area contributed by atoms with Crippen LogP contribution in [0.1, 0.15) is 11.6 Å². The van der Waals surface area contributed by atoms with Crippen LogP contribution in [-0.4, -0.2) is 70.0 Å². The van der Waals surface area contributed by atoms with Crippen molar-refractivity contribution in [3.8, 4) is 17.2 Å². The molecule has 1 aromatic carbocycles. The van der Waals surface area contributed by atoms with E-state index in [4.69, 9.17) is 14.2 Å². The summed E-state index contributed by atoms with van der Waals surface area (Å²) in [7, 11) is 4.33. The first-order chi connectivity index (χ1) is 11.5. The molecule has 0 spiro atoms. The van der Waals surface area contributed by atoms with Crippen LogP contribution in [0.2, 0.25) is 0 Å². The summed E-state index contributed by atoms with van der Waals surface area (Å²) in [5, 5.41) is 12.4. The molecule has 1 saturated heterocycles. The second-order valence-corrected chi connectivity index (χ2v) is 5.57. The molecule has 1 atom stereocenters. The lowest BCUT2D eigenvalue weighted by Gasteiger charge is -2.39. The molecular formula is C16H24F2N2O4. The highest BCUT2D eigenvalue weighted by molar-refractivity contribution is 5.54. The Labute approximate surface area is 140 Å². The molecule has 1 aliphatic rings. The van der Waals surface area contributed by atoms with Gasteiger partial charge in [-0.1, -0.05) is 0 Å². The van der Waals surface area contributed by atoms with E-state index in [0.717, 1.165) is 0 Å². The molecule has 0 bridgehead atoms. The van der Waals surface area contributed by atoms with Crippen LogP contribution in [0, 0.1) is 0 Å². The Balaban J connectivity index is 2.52.